The minimum absolute atomic E-state index is 0. The Kier molecular flexibility index (Phi) is 6.78. The first kappa shape index (κ1) is 18.1. The summed E-state index contributed by atoms with van der Waals surface area (Å²) >= 11 is 5.98. The van der Waals surface area contributed by atoms with Gasteiger partial charge in [-0.1, -0.05) is 11.6 Å². The quantitative estimate of drug-likeness (QED) is 0.922. The number of carbonyl (C=O) groups excluding carboxylic acids is 1. The van der Waals surface area contributed by atoms with E-state index in [2.05, 4.69) is 0 Å². The summed E-state index contributed by atoms with van der Waals surface area (Å²) in [6.07, 6.45) is 1.48. The molecule has 21 heavy (non-hydrogen) atoms. The molecule has 0 radical (unpaired) electrons. The van der Waals surface area contributed by atoms with Gasteiger partial charge < -0.3 is 15.4 Å². The highest BCUT2D eigenvalue weighted by atomic mass is 35.5. The zero-order valence-electron chi connectivity index (χ0n) is 12.3. The number of aryl methyl sites for hydroxylation is 1. The molecule has 1 aromatic carbocycles. The average molecular weight is 333 g/mol. The first-order chi connectivity index (χ1) is 9.52. The average Bonchev–Trinajstić information content (AvgIpc) is 2.90. The summed E-state index contributed by atoms with van der Waals surface area (Å²) in [4.78, 5) is 14.2. The van der Waals surface area contributed by atoms with Crippen LogP contribution in [-0.2, 0) is 4.79 Å². The van der Waals surface area contributed by atoms with Crippen LogP contribution in [0.15, 0.2) is 18.2 Å². The van der Waals surface area contributed by atoms with Gasteiger partial charge in [-0.3, -0.25) is 4.79 Å². The molecule has 2 atom stereocenters. The van der Waals surface area contributed by atoms with Crippen molar-refractivity contribution in [2.75, 3.05) is 13.1 Å². The fraction of sp³-hybridized carbons (Fsp3) is 0.533. The molecule has 1 aliphatic rings. The number of ether oxygens (including phenoxy) is 1. The van der Waals surface area contributed by atoms with Crippen molar-refractivity contribution >= 4 is 29.9 Å². The van der Waals surface area contributed by atoms with E-state index in [1.807, 2.05) is 17.9 Å². The topological polar surface area (TPSA) is 55.6 Å². The maximum atomic E-state index is 12.4. The summed E-state index contributed by atoms with van der Waals surface area (Å²) in [7, 11) is 0. The second-order valence-corrected chi connectivity index (χ2v) is 5.64. The summed E-state index contributed by atoms with van der Waals surface area (Å²) in [6, 6.07) is 5.56. The molecule has 2 unspecified atom stereocenters. The maximum Gasteiger partial charge on any atom is 0.263 e. The summed E-state index contributed by atoms with van der Waals surface area (Å²) in [5, 5.41) is 0.694. The molecule has 4 nitrogen and oxygen atoms in total. The SMILES string of the molecule is Cc1cc(OC(C)C(=O)N2CCCC2CN)ccc1Cl.Cl. The highest BCUT2D eigenvalue weighted by Crippen LogP contribution is 2.23. The Hall–Kier alpha value is -0.970. The van der Waals surface area contributed by atoms with Crippen LogP contribution in [0.4, 0.5) is 0 Å². The van der Waals surface area contributed by atoms with E-state index >= 15 is 0 Å². The Morgan fingerprint density at radius 3 is 2.90 bits per heavy atom. The second-order valence-electron chi connectivity index (χ2n) is 5.23. The van der Waals surface area contributed by atoms with E-state index in [9.17, 15) is 4.79 Å². The van der Waals surface area contributed by atoms with Crippen molar-refractivity contribution in [2.24, 2.45) is 5.73 Å². The molecule has 6 heteroatoms. The van der Waals surface area contributed by atoms with E-state index in [0.717, 1.165) is 24.9 Å². The summed E-state index contributed by atoms with van der Waals surface area (Å²) in [6.45, 7) is 4.97. The molecule has 1 aromatic rings. The first-order valence-electron chi connectivity index (χ1n) is 6.96. The lowest BCUT2D eigenvalue weighted by molar-refractivity contribution is -0.138. The maximum absolute atomic E-state index is 12.4. The molecule has 1 saturated heterocycles. The smallest absolute Gasteiger partial charge is 0.263 e. The number of hydrogen-bond donors (Lipinski definition) is 1. The molecule has 118 valence electrons. The third-order valence-corrected chi connectivity index (χ3v) is 4.15. The lowest BCUT2D eigenvalue weighted by atomic mass is 10.2. The Bertz CT molecular complexity index is 497. The fourth-order valence-corrected chi connectivity index (χ4v) is 2.67. The number of benzene rings is 1. The van der Waals surface area contributed by atoms with Crippen LogP contribution in [0, 0.1) is 6.92 Å². The van der Waals surface area contributed by atoms with Gasteiger partial charge in [-0.2, -0.15) is 0 Å². The molecule has 0 saturated carbocycles. The van der Waals surface area contributed by atoms with E-state index in [-0.39, 0.29) is 24.4 Å². The van der Waals surface area contributed by atoms with Gasteiger partial charge in [0.25, 0.3) is 5.91 Å². The van der Waals surface area contributed by atoms with Gasteiger partial charge in [-0.25, -0.2) is 0 Å². The van der Waals surface area contributed by atoms with Gasteiger partial charge in [-0.15, -0.1) is 12.4 Å². The van der Waals surface area contributed by atoms with Gasteiger partial charge in [0.15, 0.2) is 6.10 Å². The minimum atomic E-state index is -0.511. The zero-order valence-corrected chi connectivity index (χ0v) is 13.9. The van der Waals surface area contributed by atoms with Crippen LogP contribution in [0.1, 0.15) is 25.3 Å². The van der Waals surface area contributed by atoms with Crippen LogP contribution in [0.25, 0.3) is 0 Å². The summed E-state index contributed by atoms with van der Waals surface area (Å²) in [5.74, 6) is 0.668. The highest BCUT2D eigenvalue weighted by molar-refractivity contribution is 6.31. The molecule has 0 aromatic heterocycles. The molecule has 2 N–H and O–H groups in total. The third kappa shape index (κ3) is 4.25. The predicted molar refractivity (Wildman–Crippen MR) is 87.3 cm³/mol. The number of hydrogen-bond acceptors (Lipinski definition) is 3. The number of halogens is 2. The van der Waals surface area contributed by atoms with Gasteiger partial charge >= 0.3 is 0 Å². The second kappa shape index (κ2) is 7.87. The Labute approximate surface area is 137 Å². The molecular weight excluding hydrogens is 311 g/mol. The van der Waals surface area contributed by atoms with E-state index in [4.69, 9.17) is 22.1 Å². The molecular formula is C15H22Cl2N2O2. The predicted octanol–water partition coefficient (Wildman–Crippen LogP) is 2.79. The molecule has 0 bridgehead atoms. The van der Waals surface area contributed by atoms with Crippen LogP contribution in [0.3, 0.4) is 0 Å². The monoisotopic (exact) mass is 332 g/mol. The van der Waals surface area contributed by atoms with Crippen LogP contribution >= 0.6 is 24.0 Å². The van der Waals surface area contributed by atoms with Crippen LogP contribution in [0.5, 0.6) is 5.75 Å². The third-order valence-electron chi connectivity index (χ3n) is 3.72. The number of nitrogens with zero attached hydrogens (tertiary/aromatic N) is 1. The highest BCUT2D eigenvalue weighted by Gasteiger charge is 2.31. The molecule has 1 fully saturated rings. The Morgan fingerprint density at radius 2 is 2.29 bits per heavy atom. The van der Waals surface area contributed by atoms with Crippen molar-refractivity contribution in [3.05, 3.63) is 28.8 Å². The Morgan fingerprint density at radius 1 is 1.57 bits per heavy atom. The summed E-state index contributed by atoms with van der Waals surface area (Å²) in [5.41, 5.74) is 6.64. The van der Waals surface area contributed by atoms with Crippen molar-refractivity contribution in [2.45, 2.75) is 38.8 Å². The van der Waals surface area contributed by atoms with E-state index in [1.54, 1.807) is 19.1 Å². The normalized spacial score (nSPS) is 19.0. The van der Waals surface area contributed by atoms with Crippen LogP contribution < -0.4 is 10.5 Å². The van der Waals surface area contributed by atoms with Crippen LogP contribution in [0.2, 0.25) is 5.02 Å². The number of nitrogens with two attached hydrogens (primary N) is 1. The van der Waals surface area contributed by atoms with Crippen molar-refractivity contribution in [3.8, 4) is 5.75 Å². The molecule has 2 rings (SSSR count). The van der Waals surface area contributed by atoms with Crippen LogP contribution in [-0.4, -0.2) is 36.0 Å². The minimum Gasteiger partial charge on any atom is -0.481 e. The molecule has 0 aliphatic carbocycles. The number of amides is 1. The van der Waals surface area contributed by atoms with Gasteiger partial charge in [-0.05, 0) is 50.5 Å². The molecule has 1 heterocycles. The first-order valence-corrected chi connectivity index (χ1v) is 7.34. The fourth-order valence-electron chi connectivity index (χ4n) is 2.55. The lowest BCUT2D eigenvalue weighted by Gasteiger charge is -2.26. The van der Waals surface area contributed by atoms with Crippen molar-refractivity contribution in [1.29, 1.82) is 0 Å². The van der Waals surface area contributed by atoms with E-state index in [1.165, 1.54) is 0 Å². The number of carbonyl (C=O) groups is 1. The zero-order chi connectivity index (χ0) is 14.7. The molecule has 1 amide bonds. The van der Waals surface area contributed by atoms with Crippen molar-refractivity contribution in [1.82, 2.24) is 4.90 Å². The largest absolute Gasteiger partial charge is 0.481 e. The van der Waals surface area contributed by atoms with Gasteiger partial charge in [0, 0.05) is 24.2 Å². The standard InChI is InChI=1S/C15H21ClN2O2.ClH/c1-10-8-13(5-6-14(10)16)20-11(2)15(19)18-7-3-4-12(18)9-17;/h5-6,8,11-12H,3-4,7,9,17H2,1-2H3;1H. The van der Waals surface area contributed by atoms with E-state index < -0.39 is 6.10 Å². The van der Waals surface area contributed by atoms with Gasteiger partial charge in [0.2, 0.25) is 0 Å². The van der Waals surface area contributed by atoms with Gasteiger partial charge in [0.05, 0.1) is 0 Å². The number of rotatable bonds is 4. The van der Waals surface area contributed by atoms with Gasteiger partial charge in [0.1, 0.15) is 5.75 Å². The van der Waals surface area contributed by atoms with Crippen molar-refractivity contribution in [3.63, 3.8) is 0 Å². The Balaban J connectivity index is 0.00000220. The van der Waals surface area contributed by atoms with Crippen molar-refractivity contribution < 1.29 is 9.53 Å². The lowest BCUT2D eigenvalue weighted by Crippen LogP contribution is -2.45. The summed E-state index contributed by atoms with van der Waals surface area (Å²) < 4.78 is 5.73. The number of likely N-dealkylation sites (tertiary alicyclic amines) is 1. The molecule has 0 spiro atoms. The molecule has 1 aliphatic heterocycles. The van der Waals surface area contributed by atoms with E-state index in [0.29, 0.717) is 17.3 Å².